The highest BCUT2D eigenvalue weighted by Crippen LogP contribution is 2.24. The summed E-state index contributed by atoms with van der Waals surface area (Å²) >= 11 is 0. The molecule has 31 heavy (non-hydrogen) atoms. The van der Waals surface area contributed by atoms with Crippen molar-refractivity contribution in [1.29, 1.82) is 5.41 Å². The maximum Gasteiger partial charge on any atom is 0.231 e. The summed E-state index contributed by atoms with van der Waals surface area (Å²) in [7, 11) is 0. The van der Waals surface area contributed by atoms with Gasteiger partial charge in [0.1, 0.15) is 5.82 Å². The van der Waals surface area contributed by atoms with E-state index >= 15 is 0 Å². The Morgan fingerprint density at radius 1 is 1.06 bits per heavy atom. The zero-order valence-electron chi connectivity index (χ0n) is 17.5. The van der Waals surface area contributed by atoms with Crippen LogP contribution in [-0.4, -0.2) is 42.2 Å². The van der Waals surface area contributed by atoms with Gasteiger partial charge in [-0.3, -0.25) is 10.7 Å². The van der Waals surface area contributed by atoms with Gasteiger partial charge in [0.2, 0.25) is 5.88 Å². The Hall–Kier alpha value is -3.19. The fourth-order valence-corrected chi connectivity index (χ4v) is 3.84. The molecular weight excluding hydrogens is 393 g/mol. The second kappa shape index (κ2) is 10.2. The Morgan fingerprint density at radius 3 is 2.65 bits per heavy atom. The number of likely N-dealkylation sites (tertiary alicyclic amines) is 1. The summed E-state index contributed by atoms with van der Waals surface area (Å²) in [5, 5.41) is 18.0. The summed E-state index contributed by atoms with van der Waals surface area (Å²) in [6.07, 6.45) is 3.81. The molecular formula is C24H28FN5O. The number of hydrogen-bond acceptors (Lipinski definition) is 4. The second-order valence-electron chi connectivity index (χ2n) is 7.84. The normalized spacial score (nSPS) is 14.0. The number of rotatable bonds is 8. The van der Waals surface area contributed by atoms with Crippen LogP contribution in [0.2, 0.25) is 0 Å². The third-order valence-electron chi connectivity index (χ3n) is 5.52. The Morgan fingerprint density at radius 2 is 1.87 bits per heavy atom. The molecule has 4 rings (SSSR count). The fraction of sp³-hybridized carbons (Fsp3) is 0.333. The summed E-state index contributed by atoms with van der Waals surface area (Å²) in [5.74, 6) is 0.402. The molecule has 0 bridgehead atoms. The molecule has 6 nitrogen and oxygen atoms in total. The van der Waals surface area contributed by atoms with Crippen LogP contribution in [0.15, 0.2) is 59.1 Å². The first-order valence-corrected chi connectivity index (χ1v) is 10.8. The smallest absolute Gasteiger partial charge is 0.231 e. The van der Waals surface area contributed by atoms with Gasteiger partial charge in [-0.2, -0.15) is 0 Å². The molecule has 0 amide bonds. The van der Waals surface area contributed by atoms with E-state index in [1.807, 2.05) is 42.5 Å². The maximum atomic E-state index is 14.5. The molecule has 0 radical (unpaired) electrons. The zero-order valence-corrected chi connectivity index (χ0v) is 17.5. The molecule has 162 valence electrons. The van der Waals surface area contributed by atoms with Gasteiger partial charge in [0.15, 0.2) is 5.96 Å². The molecule has 1 aliphatic heterocycles. The molecule has 1 aromatic heterocycles. The van der Waals surface area contributed by atoms with E-state index in [4.69, 9.17) is 9.93 Å². The van der Waals surface area contributed by atoms with Gasteiger partial charge in [0.25, 0.3) is 0 Å². The van der Waals surface area contributed by atoms with E-state index in [9.17, 15) is 4.39 Å². The highest BCUT2D eigenvalue weighted by molar-refractivity contribution is 5.89. The van der Waals surface area contributed by atoms with E-state index in [1.165, 1.54) is 12.8 Å². The summed E-state index contributed by atoms with van der Waals surface area (Å²) < 4.78 is 19.8. The number of nitrogens with zero attached hydrogens (tertiary/aromatic N) is 2. The van der Waals surface area contributed by atoms with Crippen molar-refractivity contribution in [2.24, 2.45) is 0 Å². The van der Waals surface area contributed by atoms with Gasteiger partial charge in [-0.15, -0.1) is 0 Å². The molecule has 2 aromatic carbocycles. The van der Waals surface area contributed by atoms with Crippen molar-refractivity contribution in [3.63, 3.8) is 0 Å². The van der Waals surface area contributed by atoms with Gasteiger partial charge in [-0.1, -0.05) is 47.6 Å². The lowest BCUT2D eigenvalue weighted by Crippen LogP contribution is -2.36. The summed E-state index contributed by atoms with van der Waals surface area (Å²) in [6, 6.07) is 16.7. The van der Waals surface area contributed by atoms with E-state index in [-0.39, 0.29) is 11.8 Å². The standard InChI is InChI=1S/C24H28FN5O/c25-22-16-18(9-11-21(22)19-6-2-1-3-7-19)8-10-20-17-23(31-29-20)28-24(26)27-12-15-30-13-4-5-14-30/h1-3,6-7,9,11,16-17H,4-5,8,10,12-15H2,(H3,26,27,28). The van der Waals surface area contributed by atoms with Crippen molar-refractivity contribution in [3.8, 4) is 11.1 Å². The molecule has 0 unspecified atom stereocenters. The molecule has 1 aliphatic rings. The van der Waals surface area contributed by atoms with E-state index in [2.05, 4.69) is 20.7 Å². The van der Waals surface area contributed by atoms with Crippen molar-refractivity contribution in [2.45, 2.75) is 25.7 Å². The lowest BCUT2D eigenvalue weighted by Gasteiger charge is -2.15. The number of anilines is 1. The number of guanidine groups is 1. The zero-order chi connectivity index (χ0) is 21.5. The van der Waals surface area contributed by atoms with Crippen LogP contribution in [0.25, 0.3) is 11.1 Å². The average molecular weight is 422 g/mol. The van der Waals surface area contributed by atoms with E-state index in [1.54, 1.807) is 12.1 Å². The third-order valence-corrected chi connectivity index (χ3v) is 5.52. The number of benzene rings is 2. The minimum atomic E-state index is -0.223. The lowest BCUT2D eigenvalue weighted by atomic mass is 10.0. The predicted molar refractivity (Wildman–Crippen MR) is 121 cm³/mol. The van der Waals surface area contributed by atoms with Crippen molar-refractivity contribution < 1.29 is 8.91 Å². The quantitative estimate of drug-likeness (QED) is 0.373. The molecule has 0 saturated carbocycles. The van der Waals surface area contributed by atoms with Gasteiger partial charge in [0, 0.05) is 24.7 Å². The van der Waals surface area contributed by atoms with Crippen LogP contribution in [0.5, 0.6) is 0 Å². The van der Waals surface area contributed by atoms with Crippen LogP contribution in [0.3, 0.4) is 0 Å². The molecule has 3 N–H and O–H groups in total. The number of hydrogen-bond donors (Lipinski definition) is 3. The van der Waals surface area contributed by atoms with Crippen LogP contribution in [0, 0.1) is 11.2 Å². The largest absolute Gasteiger partial charge is 0.355 e. The molecule has 1 saturated heterocycles. The monoisotopic (exact) mass is 421 g/mol. The number of aryl methyl sites for hydroxylation is 2. The van der Waals surface area contributed by atoms with Gasteiger partial charge in [0.05, 0.1) is 5.69 Å². The SMILES string of the molecule is N=C(NCCN1CCCC1)Nc1cc(CCc2ccc(-c3ccccc3)c(F)c2)no1. The highest BCUT2D eigenvalue weighted by Gasteiger charge is 2.12. The first-order valence-electron chi connectivity index (χ1n) is 10.8. The first kappa shape index (κ1) is 21.1. The van der Waals surface area contributed by atoms with Crippen molar-refractivity contribution in [3.05, 3.63) is 71.7 Å². The molecule has 0 spiro atoms. The molecule has 3 aromatic rings. The van der Waals surface area contributed by atoms with Gasteiger partial charge in [-0.25, -0.2) is 4.39 Å². The fourth-order valence-electron chi connectivity index (χ4n) is 3.84. The summed E-state index contributed by atoms with van der Waals surface area (Å²) in [5.41, 5.74) is 3.15. The van der Waals surface area contributed by atoms with Crippen LogP contribution < -0.4 is 10.6 Å². The Balaban J connectivity index is 1.24. The van der Waals surface area contributed by atoms with Crippen LogP contribution in [0.1, 0.15) is 24.1 Å². The number of halogens is 1. The van der Waals surface area contributed by atoms with E-state index in [0.717, 1.165) is 43.0 Å². The minimum absolute atomic E-state index is 0.195. The Kier molecular flexibility index (Phi) is 6.94. The van der Waals surface area contributed by atoms with Gasteiger partial charge >= 0.3 is 0 Å². The highest BCUT2D eigenvalue weighted by atomic mass is 19.1. The molecule has 0 aliphatic carbocycles. The van der Waals surface area contributed by atoms with Gasteiger partial charge in [-0.05, 0) is 56.0 Å². The Bertz CT molecular complexity index is 998. The van der Waals surface area contributed by atoms with E-state index in [0.29, 0.717) is 24.3 Å². The molecule has 7 heteroatoms. The third kappa shape index (κ3) is 5.92. The molecule has 1 fully saturated rings. The summed E-state index contributed by atoms with van der Waals surface area (Å²) in [4.78, 5) is 2.39. The van der Waals surface area contributed by atoms with Crippen LogP contribution in [0.4, 0.5) is 10.3 Å². The second-order valence-corrected chi connectivity index (χ2v) is 7.84. The molecule has 0 atom stereocenters. The molecule has 2 heterocycles. The Labute approximate surface area is 182 Å². The van der Waals surface area contributed by atoms with Crippen molar-refractivity contribution in [1.82, 2.24) is 15.4 Å². The van der Waals surface area contributed by atoms with E-state index < -0.39 is 0 Å². The minimum Gasteiger partial charge on any atom is -0.355 e. The predicted octanol–water partition coefficient (Wildman–Crippen LogP) is 4.30. The first-order chi connectivity index (χ1) is 15.2. The van der Waals surface area contributed by atoms with Gasteiger partial charge < -0.3 is 14.7 Å². The number of nitrogens with one attached hydrogen (secondary N) is 3. The lowest BCUT2D eigenvalue weighted by molar-refractivity contribution is 0.343. The van der Waals surface area contributed by atoms with Crippen LogP contribution >= 0.6 is 0 Å². The average Bonchev–Trinajstić information content (AvgIpc) is 3.45. The number of aromatic nitrogens is 1. The van der Waals surface area contributed by atoms with Crippen molar-refractivity contribution in [2.75, 3.05) is 31.5 Å². The topological polar surface area (TPSA) is 77.2 Å². The summed E-state index contributed by atoms with van der Waals surface area (Å²) in [6.45, 7) is 3.95. The van der Waals surface area contributed by atoms with Crippen molar-refractivity contribution >= 4 is 11.8 Å². The maximum absolute atomic E-state index is 14.5. The van der Waals surface area contributed by atoms with Crippen LogP contribution in [-0.2, 0) is 12.8 Å².